The van der Waals surface area contributed by atoms with Crippen LogP contribution in [0, 0.1) is 6.92 Å². The lowest BCUT2D eigenvalue weighted by atomic mass is 10.0. The van der Waals surface area contributed by atoms with E-state index in [1.54, 1.807) is 36.3 Å². The quantitative estimate of drug-likeness (QED) is 0.547. The monoisotopic (exact) mass is 389 g/mol. The fourth-order valence-electron chi connectivity index (χ4n) is 2.21. The highest BCUT2D eigenvalue weighted by Crippen LogP contribution is 2.29. The fourth-order valence-corrected chi connectivity index (χ4v) is 3.59. The minimum atomic E-state index is 0.735. The van der Waals surface area contributed by atoms with E-state index in [-0.39, 0.29) is 0 Å². The number of benzene rings is 1. The predicted molar refractivity (Wildman–Crippen MR) is 117 cm³/mol. The standard InChI is InChI=1S/C14H16N2OS.C4H5NS.C2H6/c1-11(16-8-9-18-14(16)15-2)13(10-17)12-6-4-3-5-7-12;1-4-5-2-3-6-4;1-2/h3-7,10,17H,1,8-9H2,2H3;2-3H,1H3;1-2H3/b13-10-,15-14?;;. The second kappa shape index (κ2) is 12.3. The summed E-state index contributed by atoms with van der Waals surface area (Å²) in [7, 11) is 1.78. The summed E-state index contributed by atoms with van der Waals surface area (Å²) in [5.74, 6) is 0.999. The average Bonchev–Trinajstić information content (AvgIpc) is 3.36. The molecule has 26 heavy (non-hydrogen) atoms. The maximum absolute atomic E-state index is 9.47. The van der Waals surface area contributed by atoms with Crippen molar-refractivity contribution in [3.8, 4) is 0 Å². The summed E-state index contributed by atoms with van der Waals surface area (Å²) < 4.78 is 0. The first-order chi connectivity index (χ1) is 12.7. The Kier molecular flexibility index (Phi) is 10.4. The topological polar surface area (TPSA) is 48.7 Å². The van der Waals surface area contributed by atoms with E-state index >= 15 is 0 Å². The average molecular weight is 390 g/mol. The largest absolute Gasteiger partial charge is 0.515 e. The van der Waals surface area contributed by atoms with Gasteiger partial charge in [-0.05, 0) is 12.5 Å². The van der Waals surface area contributed by atoms with Crippen molar-refractivity contribution < 1.29 is 5.11 Å². The summed E-state index contributed by atoms with van der Waals surface area (Å²) in [4.78, 5) is 10.2. The SMILES string of the molecule is C=C(/C(=C/O)c1ccccc1)N1CCSC1=NC.CC.Cc1nccs1. The van der Waals surface area contributed by atoms with Crippen molar-refractivity contribution in [1.29, 1.82) is 0 Å². The van der Waals surface area contributed by atoms with Gasteiger partial charge in [0.2, 0.25) is 0 Å². The Hall–Kier alpha value is -2.05. The number of nitrogens with zero attached hydrogens (tertiary/aromatic N) is 3. The van der Waals surface area contributed by atoms with E-state index in [2.05, 4.69) is 16.6 Å². The van der Waals surface area contributed by atoms with Gasteiger partial charge in [-0.1, -0.05) is 62.5 Å². The van der Waals surface area contributed by atoms with Crippen LogP contribution in [0.2, 0.25) is 0 Å². The molecule has 0 aliphatic carbocycles. The molecule has 1 aliphatic rings. The van der Waals surface area contributed by atoms with Crippen LogP contribution in [0.25, 0.3) is 5.57 Å². The minimum absolute atomic E-state index is 0.735. The third-order valence-electron chi connectivity index (χ3n) is 3.37. The van der Waals surface area contributed by atoms with Gasteiger partial charge in [-0.25, -0.2) is 0 Å². The summed E-state index contributed by atoms with van der Waals surface area (Å²) in [5.41, 5.74) is 2.48. The van der Waals surface area contributed by atoms with Crippen LogP contribution >= 0.6 is 23.1 Å². The van der Waals surface area contributed by atoms with Crippen molar-refractivity contribution in [2.75, 3.05) is 19.3 Å². The van der Waals surface area contributed by atoms with Crippen molar-refractivity contribution in [2.45, 2.75) is 20.8 Å². The molecule has 2 heterocycles. The van der Waals surface area contributed by atoms with Gasteiger partial charge in [0.1, 0.15) is 0 Å². The van der Waals surface area contributed by atoms with Crippen LogP contribution in [0.15, 0.2) is 65.4 Å². The number of aliphatic hydroxyl groups is 1. The van der Waals surface area contributed by atoms with Crippen molar-refractivity contribution in [3.63, 3.8) is 0 Å². The molecule has 1 aromatic heterocycles. The number of amidine groups is 1. The molecule has 0 amide bonds. The van der Waals surface area contributed by atoms with Crippen LogP contribution in [0.5, 0.6) is 0 Å². The van der Waals surface area contributed by atoms with E-state index in [4.69, 9.17) is 0 Å². The van der Waals surface area contributed by atoms with E-state index in [1.165, 1.54) is 0 Å². The van der Waals surface area contributed by atoms with Gasteiger partial charge < -0.3 is 10.0 Å². The number of thioether (sulfide) groups is 1. The van der Waals surface area contributed by atoms with Gasteiger partial charge in [0, 0.05) is 42.2 Å². The highest BCUT2D eigenvalue weighted by atomic mass is 32.2. The highest BCUT2D eigenvalue weighted by molar-refractivity contribution is 8.14. The second-order valence-corrected chi connectivity index (χ2v) is 7.07. The summed E-state index contributed by atoms with van der Waals surface area (Å²) >= 11 is 3.37. The van der Waals surface area contributed by atoms with Crippen molar-refractivity contribution in [3.05, 3.63) is 71.0 Å². The molecule has 3 rings (SSSR count). The molecule has 2 aromatic rings. The fraction of sp³-hybridized carbons (Fsp3) is 0.300. The first-order valence-electron chi connectivity index (χ1n) is 8.49. The Morgan fingerprint density at radius 2 is 2.00 bits per heavy atom. The van der Waals surface area contributed by atoms with Gasteiger partial charge in [0.25, 0.3) is 0 Å². The molecule has 6 heteroatoms. The van der Waals surface area contributed by atoms with Gasteiger partial charge in [0.05, 0.1) is 11.3 Å². The molecule has 0 spiro atoms. The van der Waals surface area contributed by atoms with Crippen molar-refractivity contribution >= 4 is 33.8 Å². The zero-order chi connectivity index (χ0) is 19.4. The van der Waals surface area contributed by atoms with Crippen LogP contribution in [-0.2, 0) is 0 Å². The molecule has 0 radical (unpaired) electrons. The van der Waals surface area contributed by atoms with E-state index in [0.717, 1.165) is 45.6 Å². The number of aryl methyl sites for hydroxylation is 1. The first kappa shape index (κ1) is 22.0. The molecule has 0 atom stereocenters. The first-order valence-corrected chi connectivity index (χ1v) is 10.4. The van der Waals surface area contributed by atoms with Crippen LogP contribution < -0.4 is 0 Å². The number of aliphatic hydroxyl groups excluding tert-OH is 1. The number of hydrogen-bond acceptors (Lipinski definition) is 5. The number of rotatable bonds is 3. The normalized spacial score (nSPS) is 15.0. The number of thiazole rings is 1. The zero-order valence-electron chi connectivity index (χ0n) is 15.8. The van der Waals surface area contributed by atoms with Crippen molar-refractivity contribution in [2.24, 2.45) is 4.99 Å². The Balaban J connectivity index is 0.000000353. The van der Waals surface area contributed by atoms with Crippen LogP contribution in [-0.4, -0.2) is 39.5 Å². The lowest BCUT2D eigenvalue weighted by Gasteiger charge is -2.22. The summed E-state index contributed by atoms with van der Waals surface area (Å²) in [6.07, 6.45) is 2.92. The molecule has 1 aliphatic heterocycles. The van der Waals surface area contributed by atoms with Crippen molar-refractivity contribution in [1.82, 2.24) is 9.88 Å². The van der Waals surface area contributed by atoms with E-state index in [0.29, 0.717) is 0 Å². The van der Waals surface area contributed by atoms with Gasteiger partial charge in [-0.2, -0.15) is 0 Å². The third kappa shape index (κ3) is 6.35. The third-order valence-corrected chi connectivity index (χ3v) is 5.13. The second-order valence-electron chi connectivity index (χ2n) is 4.91. The van der Waals surface area contributed by atoms with E-state index in [9.17, 15) is 5.11 Å². The number of aromatic nitrogens is 1. The molecule has 1 saturated heterocycles. The molecule has 140 valence electrons. The molecule has 4 nitrogen and oxygen atoms in total. The number of allylic oxidation sites excluding steroid dienone is 1. The molecule has 1 N–H and O–H groups in total. The van der Waals surface area contributed by atoms with Gasteiger partial charge in [-0.15, -0.1) is 11.3 Å². The van der Waals surface area contributed by atoms with Gasteiger partial charge in [0.15, 0.2) is 5.17 Å². The Bertz CT molecular complexity index is 710. The summed E-state index contributed by atoms with van der Waals surface area (Å²) in [5, 5.41) is 13.5. The van der Waals surface area contributed by atoms with Gasteiger partial charge in [-0.3, -0.25) is 9.98 Å². The maximum atomic E-state index is 9.47. The lowest BCUT2D eigenvalue weighted by Crippen LogP contribution is -2.23. The molecule has 0 bridgehead atoms. The van der Waals surface area contributed by atoms with Crippen LogP contribution in [0.3, 0.4) is 0 Å². The number of hydrogen-bond donors (Lipinski definition) is 1. The molecule has 0 saturated carbocycles. The smallest absolute Gasteiger partial charge is 0.163 e. The predicted octanol–water partition coefficient (Wildman–Crippen LogP) is 5.61. The number of aliphatic imine (C=N–C) groups is 1. The maximum Gasteiger partial charge on any atom is 0.163 e. The van der Waals surface area contributed by atoms with E-state index in [1.807, 2.05) is 61.4 Å². The Morgan fingerprint density at radius 3 is 2.46 bits per heavy atom. The molecule has 1 aromatic carbocycles. The van der Waals surface area contributed by atoms with Gasteiger partial charge >= 0.3 is 0 Å². The molecule has 1 fully saturated rings. The summed E-state index contributed by atoms with van der Waals surface area (Å²) in [6, 6.07) is 9.75. The molecular weight excluding hydrogens is 362 g/mol. The summed E-state index contributed by atoms with van der Waals surface area (Å²) in [6.45, 7) is 11.0. The molecular formula is C20H27N3OS2. The van der Waals surface area contributed by atoms with Crippen LogP contribution in [0.4, 0.5) is 0 Å². The zero-order valence-corrected chi connectivity index (χ0v) is 17.5. The van der Waals surface area contributed by atoms with Crippen LogP contribution in [0.1, 0.15) is 24.4 Å². The Morgan fingerprint density at radius 1 is 1.31 bits per heavy atom. The van der Waals surface area contributed by atoms with E-state index < -0.39 is 0 Å². The minimum Gasteiger partial charge on any atom is -0.515 e. The lowest BCUT2D eigenvalue weighted by molar-refractivity contribution is 0.473. The Labute approximate surface area is 165 Å². The molecule has 0 unspecified atom stereocenters. The highest BCUT2D eigenvalue weighted by Gasteiger charge is 2.23.